The second-order valence-corrected chi connectivity index (χ2v) is 9.41. The number of anilines is 2. The number of halogens is 3. The molecular formula is C25H25F3N8O3. The van der Waals surface area contributed by atoms with Crippen LogP contribution >= 0.6 is 0 Å². The highest BCUT2D eigenvalue weighted by atomic mass is 19.4. The molecule has 0 aliphatic carbocycles. The van der Waals surface area contributed by atoms with E-state index in [9.17, 15) is 27.9 Å². The Bertz CT molecular complexity index is 1330. The molecule has 2 fully saturated rings. The summed E-state index contributed by atoms with van der Waals surface area (Å²) < 4.78 is 39.7. The Morgan fingerprint density at radius 2 is 1.77 bits per heavy atom. The van der Waals surface area contributed by atoms with Gasteiger partial charge in [-0.05, 0) is 18.6 Å². The molecule has 4 heterocycles. The molecule has 11 nitrogen and oxygen atoms in total. The van der Waals surface area contributed by atoms with Crippen LogP contribution in [0.2, 0.25) is 0 Å². The van der Waals surface area contributed by atoms with Crippen LogP contribution in [0, 0.1) is 12.3 Å². The topological polar surface area (TPSA) is 127 Å². The van der Waals surface area contributed by atoms with Crippen molar-refractivity contribution in [1.29, 1.82) is 0 Å². The van der Waals surface area contributed by atoms with Crippen molar-refractivity contribution in [3.8, 4) is 12.3 Å². The number of nitrogens with zero attached hydrogens (tertiary/aromatic N) is 7. The molecule has 14 heteroatoms. The minimum atomic E-state index is -4.63. The van der Waals surface area contributed by atoms with Crippen LogP contribution in [0.5, 0.6) is 0 Å². The first-order valence-corrected chi connectivity index (χ1v) is 12.3. The molecule has 2 amide bonds. The van der Waals surface area contributed by atoms with Gasteiger partial charge in [0.25, 0.3) is 11.8 Å². The first-order chi connectivity index (χ1) is 18.6. The van der Waals surface area contributed by atoms with E-state index in [1.165, 1.54) is 24.3 Å². The van der Waals surface area contributed by atoms with Gasteiger partial charge in [-0.15, -0.1) is 16.7 Å². The number of hydrogen-bond donors (Lipinski definition) is 2. The molecule has 1 aromatic carbocycles. The highest BCUT2D eigenvalue weighted by molar-refractivity contribution is 5.95. The number of benzene rings is 1. The Hall–Kier alpha value is -4.25. The van der Waals surface area contributed by atoms with Crippen LogP contribution in [0.1, 0.15) is 32.8 Å². The molecule has 0 spiro atoms. The summed E-state index contributed by atoms with van der Waals surface area (Å²) in [6, 6.07) is 6.69. The van der Waals surface area contributed by atoms with Crippen LogP contribution < -0.4 is 15.1 Å². The van der Waals surface area contributed by atoms with E-state index in [-0.39, 0.29) is 29.3 Å². The van der Waals surface area contributed by atoms with Gasteiger partial charge in [0.2, 0.25) is 5.95 Å². The number of nitrogens with one attached hydrogen (secondary N) is 1. The largest absolute Gasteiger partial charge is 0.442 e. The van der Waals surface area contributed by atoms with Crippen LogP contribution in [-0.4, -0.2) is 89.9 Å². The number of alkyl halides is 3. The summed E-state index contributed by atoms with van der Waals surface area (Å²) in [5.41, 5.74) is -2.28. The van der Waals surface area contributed by atoms with Crippen LogP contribution in [0.4, 0.5) is 24.9 Å². The number of β-amino-alcohol motifs (C(OH)–C–C–N with tert-alkyl or cyclic N) is 1. The lowest BCUT2D eigenvalue weighted by atomic mass is 10.0. The SMILES string of the molecule is C#CCNC(=O)c1cc(N2CC[C@H](O)C2)nc(N2CCN(C(=O)c3ccc(C4(C(F)(F)F)N=N4)cc3)CC2)n1. The first-order valence-electron chi connectivity index (χ1n) is 12.3. The average Bonchev–Trinajstić information content (AvgIpc) is 3.66. The number of carbonyl (C=O) groups is 2. The van der Waals surface area contributed by atoms with E-state index < -0.39 is 23.9 Å². The summed E-state index contributed by atoms with van der Waals surface area (Å²) in [7, 11) is 0. The molecule has 5 rings (SSSR count). The van der Waals surface area contributed by atoms with Crippen LogP contribution in [-0.2, 0) is 5.66 Å². The van der Waals surface area contributed by atoms with Crippen molar-refractivity contribution < 1.29 is 27.9 Å². The molecule has 3 aliphatic heterocycles. The molecule has 0 unspecified atom stereocenters. The normalized spacial score (nSPS) is 20.1. The number of terminal acetylenes is 1. The summed E-state index contributed by atoms with van der Waals surface area (Å²) in [5.74, 6) is 2.39. The fourth-order valence-corrected chi connectivity index (χ4v) is 4.59. The summed E-state index contributed by atoms with van der Waals surface area (Å²) in [6.07, 6.45) is 0.706. The lowest BCUT2D eigenvalue weighted by molar-refractivity contribution is -0.166. The maximum absolute atomic E-state index is 13.2. The molecule has 1 atom stereocenters. The second kappa shape index (κ2) is 10.1. The van der Waals surface area contributed by atoms with E-state index in [2.05, 4.69) is 31.4 Å². The number of rotatable bonds is 6. The molecular weight excluding hydrogens is 517 g/mol. The van der Waals surface area contributed by atoms with Gasteiger partial charge in [0.15, 0.2) is 0 Å². The third-order valence-corrected chi connectivity index (χ3v) is 6.85. The predicted octanol–water partition coefficient (Wildman–Crippen LogP) is 1.55. The Balaban J connectivity index is 1.27. The molecule has 1 aromatic heterocycles. The number of carbonyl (C=O) groups excluding carboxylic acids is 2. The Morgan fingerprint density at radius 3 is 2.33 bits per heavy atom. The quantitative estimate of drug-likeness (QED) is 0.531. The van der Waals surface area contributed by atoms with Crippen molar-refractivity contribution in [2.75, 3.05) is 55.6 Å². The van der Waals surface area contributed by atoms with Crippen molar-refractivity contribution in [3.63, 3.8) is 0 Å². The monoisotopic (exact) mass is 542 g/mol. The van der Waals surface area contributed by atoms with Gasteiger partial charge in [-0.25, -0.2) is 4.98 Å². The zero-order valence-corrected chi connectivity index (χ0v) is 20.7. The molecule has 0 saturated carbocycles. The van der Waals surface area contributed by atoms with Gasteiger partial charge in [-0.2, -0.15) is 18.2 Å². The highest BCUT2D eigenvalue weighted by Crippen LogP contribution is 2.52. The number of aliphatic hydroxyl groups is 1. The number of aromatic nitrogens is 2. The molecule has 2 N–H and O–H groups in total. The lowest BCUT2D eigenvalue weighted by Gasteiger charge is -2.35. The van der Waals surface area contributed by atoms with E-state index >= 15 is 0 Å². The molecule has 0 radical (unpaired) electrons. The summed E-state index contributed by atoms with van der Waals surface area (Å²) in [6.45, 7) is 2.37. The number of amides is 2. The van der Waals surface area contributed by atoms with Crippen molar-refractivity contribution in [3.05, 3.63) is 47.2 Å². The predicted molar refractivity (Wildman–Crippen MR) is 133 cm³/mol. The van der Waals surface area contributed by atoms with E-state index in [1.807, 2.05) is 9.80 Å². The minimum absolute atomic E-state index is 0.0401. The Kier molecular flexibility index (Phi) is 6.85. The molecule has 39 heavy (non-hydrogen) atoms. The molecule has 0 bridgehead atoms. The van der Waals surface area contributed by atoms with Crippen molar-refractivity contribution in [1.82, 2.24) is 20.2 Å². The fraction of sp³-hybridized carbons (Fsp3) is 0.440. The van der Waals surface area contributed by atoms with Gasteiger partial charge in [0.1, 0.15) is 11.5 Å². The Labute approximate surface area is 221 Å². The standard InChI is InChI=1S/C25H25F3N8O3/c1-2-8-29-21(38)19-14-20(36-9-7-18(37)15-36)31-23(30-19)35-12-10-34(11-13-35)22(39)16-3-5-17(6-4-16)24(32-33-24)25(26,27)28/h1,3-6,14,18,37H,7-13,15H2,(H,29,38)/t18-/m0/s1. The smallest absolute Gasteiger partial charge is 0.391 e. The van der Waals surface area contributed by atoms with Crippen LogP contribution in [0.25, 0.3) is 0 Å². The van der Waals surface area contributed by atoms with Crippen molar-refractivity contribution in [2.45, 2.75) is 24.4 Å². The number of aliphatic hydroxyl groups excluding tert-OH is 1. The van der Waals surface area contributed by atoms with Gasteiger partial charge < -0.3 is 25.1 Å². The third kappa shape index (κ3) is 5.22. The van der Waals surface area contributed by atoms with E-state index in [1.54, 1.807) is 11.0 Å². The zero-order chi connectivity index (χ0) is 27.8. The average molecular weight is 543 g/mol. The van der Waals surface area contributed by atoms with Gasteiger partial charge in [0, 0.05) is 56.5 Å². The molecule has 3 aliphatic rings. The lowest BCUT2D eigenvalue weighted by Crippen LogP contribution is -2.49. The summed E-state index contributed by atoms with van der Waals surface area (Å²) in [4.78, 5) is 40.0. The van der Waals surface area contributed by atoms with Crippen LogP contribution in [0.15, 0.2) is 40.6 Å². The van der Waals surface area contributed by atoms with Gasteiger partial charge in [-0.1, -0.05) is 18.1 Å². The molecule has 2 aromatic rings. The third-order valence-electron chi connectivity index (χ3n) is 6.85. The van der Waals surface area contributed by atoms with Crippen molar-refractivity contribution >= 4 is 23.6 Å². The van der Waals surface area contributed by atoms with Crippen LogP contribution in [0.3, 0.4) is 0 Å². The Morgan fingerprint density at radius 1 is 1.08 bits per heavy atom. The second-order valence-electron chi connectivity index (χ2n) is 9.41. The summed E-state index contributed by atoms with van der Waals surface area (Å²) >= 11 is 0. The maximum atomic E-state index is 13.2. The maximum Gasteiger partial charge on any atom is 0.442 e. The van der Waals surface area contributed by atoms with Crippen molar-refractivity contribution in [2.24, 2.45) is 10.2 Å². The van der Waals surface area contributed by atoms with Gasteiger partial charge in [0.05, 0.1) is 12.6 Å². The first kappa shape index (κ1) is 26.4. The summed E-state index contributed by atoms with van der Waals surface area (Å²) in [5, 5.41) is 18.9. The van der Waals surface area contributed by atoms with Gasteiger partial charge in [-0.3, -0.25) is 9.59 Å². The fourth-order valence-electron chi connectivity index (χ4n) is 4.59. The van der Waals surface area contributed by atoms with E-state index in [4.69, 9.17) is 6.42 Å². The van der Waals surface area contributed by atoms with E-state index in [0.717, 1.165) is 0 Å². The molecule has 204 valence electrons. The minimum Gasteiger partial charge on any atom is -0.391 e. The zero-order valence-electron chi connectivity index (χ0n) is 20.7. The molecule has 2 saturated heterocycles. The number of hydrogen-bond acceptors (Lipinski definition) is 9. The highest BCUT2D eigenvalue weighted by Gasteiger charge is 2.65. The van der Waals surface area contributed by atoms with Gasteiger partial charge >= 0.3 is 11.8 Å². The van der Waals surface area contributed by atoms with E-state index in [0.29, 0.717) is 57.5 Å². The number of piperazine rings is 1.